The molecule has 0 aliphatic heterocycles. The smallest absolute Gasteiger partial charge is 0.166 e. The number of aromatic nitrogens is 7. The first-order valence-electron chi connectivity index (χ1n) is 8.66. The molecule has 4 heterocycles. The highest BCUT2D eigenvalue weighted by Gasteiger charge is 2.21. The van der Waals surface area contributed by atoms with Crippen LogP contribution in [-0.4, -0.2) is 39.2 Å². The molecule has 4 rings (SSSR count). The molecule has 0 saturated carbocycles. The normalized spacial score (nSPS) is 11.5. The van der Waals surface area contributed by atoms with Crippen LogP contribution in [0, 0.1) is 6.92 Å². The summed E-state index contributed by atoms with van der Waals surface area (Å²) < 4.78 is 5.62. The van der Waals surface area contributed by atoms with Gasteiger partial charge in [-0.2, -0.15) is 10.2 Å². The standard InChI is InChI=1S/C18H21N7O/c1-5-24-14-7-8-19-15(12(14)9-20-24)18-21-13(10-23(18)4)16-17(26)11(3)22-25(16)6-2/h7-10,26H,5-6H2,1-4H3. The molecule has 0 saturated heterocycles. The highest BCUT2D eigenvalue weighted by molar-refractivity contribution is 5.91. The number of rotatable bonds is 4. The van der Waals surface area contributed by atoms with Gasteiger partial charge in [-0.3, -0.25) is 14.3 Å². The van der Waals surface area contributed by atoms with E-state index in [0.29, 0.717) is 23.6 Å². The van der Waals surface area contributed by atoms with E-state index in [-0.39, 0.29) is 5.75 Å². The summed E-state index contributed by atoms with van der Waals surface area (Å²) in [6.07, 6.45) is 5.49. The van der Waals surface area contributed by atoms with E-state index >= 15 is 0 Å². The summed E-state index contributed by atoms with van der Waals surface area (Å²) in [6.45, 7) is 7.28. The van der Waals surface area contributed by atoms with Crippen LogP contribution >= 0.6 is 0 Å². The van der Waals surface area contributed by atoms with Gasteiger partial charge in [0, 0.05) is 37.9 Å². The zero-order chi connectivity index (χ0) is 18.4. The van der Waals surface area contributed by atoms with Gasteiger partial charge in [0.15, 0.2) is 11.6 Å². The van der Waals surface area contributed by atoms with Crippen LogP contribution in [0.1, 0.15) is 19.5 Å². The maximum absolute atomic E-state index is 10.4. The number of aryl methyl sites for hydroxylation is 4. The van der Waals surface area contributed by atoms with E-state index in [2.05, 4.69) is 22.1 Å². The number of nitrogens with zero attached hydrogens (tertiary/aromatic N) is 7. The quantitative estimate of drug-likeness (QED) is 0.611. The molecule has 8 nitrogen and oxygen atoms in total. The molecule has 0 spiro atoms. The Balaban J connectivity index is 1.90. The molecule has 134 valence electrons. The second-order valence-electron chi connectivity index (χ2n) is 6.21. The lowest BCUT2D eigenvalue weighted by molar-refractivity contribution is 0.472. The van der Waals surface area contributed by atoms with E-state index in [4.69, 9.17) is 4.98 Å². The molecule has 0 atom stereocenters. The number of hydrogen-bond donors (Lipinski definition) is 1. The Hall–Kier alpha value is -3.16. The van der Waals surface area contributed by atoms with Crippen molar-refractivity contribution in [3.8, 4) is 28.7 Å². The molecule has 0 fully saturated rings. The Morgan fingerprint density at radius 3 is 2.65 bits per heavy atom. The average Bonchev–Trinajstić information content (AvgIpc) is 3.30. The number of hydrogen-bond acceptors (Lipinski definition) is 5. The molecule has 0 radical (unpaired) electrons. The summed E-state index contributed by atoms with van der Waals surface area (Å²) in [5, 5.41) is 20.2. The van der Waals surface area contributed by atoms with Crippen LogP contribution in [0.15, 0.2) is 24.7 Å². The molecule has 4 aromatic rings. The summed E-state index contributed by atoms with van der Waals surface area (Å²) in [5.41, 5.74) is 3.69. The molecule has 4 aromatic heterocycles. The van der Waals surface area contributed by atoms with Gasteiger partial charge in [-0.1, -0.05) is 0 Å². The van der Waals surface area contributed by atoms with E-state index in [1.807, 2.05) is 41.7 Å². The van der Waals surface area contributed by atoms with Crippen molar-refractivity contribution in [3.05, 3.63) is 30.4 Å². The van der Waals surface area contributed by atoms with Crippen LogP contribution in [0.3, 0.4) is 0 Å². The third-order valence-electron chi connectivity index (χ3n) is 4.60. The van der Waals surface area contributed by atoms with Gasteiger partial charge >= 0.3 is 0 Å². The number of fused-ring (bicyclic) bond motifs is 1. The van der Waals surface area contributed by atoms with Crippen molar-refractivity contribution >= 4 is 10.9 Å². The highest BCUT2D eigenvalue weighted by atomic mass is 16.3. The van der Waals surface area contributed by atoms with E-state index in [9.17, 15) is 5.11 Å². The first-order chi connectivity index (χ1) is 12.5. The minimum atomic E-state index is 0.168. The van der Waals surface area contributed by atoms with Crippen molar-refractivity contribution in [3.63, 3.8) is 0 Å². The van der Waals surface area contributed by atoms with Crippen LogP contribution < -0.4 is 0 Å². The molecule has 0 unspecified atom stereocenters. The zero-order valence-corrected chi connectivity index (χ0v) is 15.3. The molecule has 0 amide bonds. The Kier molecular flexibility index (Phi) is 3.75. The van der Waals surface area contributed by atoms with Gasteiger partial charge in [-0.15, -0.1) is 0 Å². The van der Waals surface area contributed by atoms with Gasteiger partial charge in [0.1, 0.15) is 22.8 Å². The van der Waals surface area contributed by atoms with Gasteiger partial charge in [0.2, 0.25) is 0 Å². The summed E-state index contributed by atoms with van der Waals surface area (Å²) in [6, 6.07) is 1.96. The summed E-state index contributed by atoms with van der Waals surface area (Å²) in [5.74, 6) is 0.892. The molecule has 0 aromatic carbocycles. The monoisotopic (exact) mass is 351 g/mol. The lowest BCUT2D eigenvalue weighted by Crippen LogP contribution is -1.99. The molecule has 1 N–H and O–H groups in total. The van der Waals surface area contributed by atoms with E-state index < -0.39 is 0 Å². The molecular formula is C18H21N7O. The zero-order valence-electron chi connectivity index (χ0n) is 15.3. The van der Waals surface area contributed by atoms with Crippen molar-refractivity contribution in [2.75, 3.05) is 0 Å². The van der Waals surface area contributed by atoms with Gasteiger partial charge in [-0.25, -0.2) is 4.98 Å². The van der Waals surface area contributed by atoms with E-state index in [1.165, 1.54) is 0 Å². The third kappa shape index (κ3) is 2.29. The van der Waals surface area contributed by atoms with Crippen molar-refractivity contribution in [1.29, 1.82) is 0 Å². The molecule has 0 aliphatic carbocycles. The van der Waals surface area contributed by atoms with Crippen molar-refractivity contribution in [1.82, 2.24) is 34.1 Å². The van der Waals surface area contributed by atoms with Gasteiger partial charge in [0.25, 0.3) is 0 Å². The summed E-state index contributed by atoms with van der Waals surface area (Å²) >= 11 is 0. The molecule has 8 heteroatoms. The number of pyridine rings is 1. The fourth-order valence-electron chi connectivity index (χ4n) is 3.29. The van der Waals surface area contributed by atoms with Gasteiger partial charge < -0.3 is 9.67 Å². The summed E-state index contributed by atoms with van der Waals surface area (Å²) in [4.78, 5) is 9.30. The van der Waals surface area contributed by atoms with Crippen molar-refractivity contribution in [2.45, 2.75) is 33.9 Å². The van der Waals surface area contributed by atoms with Gasteiger partial charge in [0.05, 0.1) is 11.7 Å². The summed E-state index contributed by atoms with van der Waals surface area (Å²) in [7, 11) is 1.92. The van der Waals surface area contributed by atoms with Gasteiger partial charge in [-0.05, 0) is 26.8 Å². The topological polar surface area (TPSA) is 86.6 Å². The Labute approximate surface area is 150 Å². The average molecular weight is 351 g/mol. The predicted octanol–water partition coefficient (Wildman–Crippen LogP) is 2.75. The maximum atomic E-state index is 10.4. The van der Waals surface area contributed by atoms with Crippen LogP contribution in [0.4, 0.5) is 0 Å². The fourth-order valence-corrected chi connectivity index (χ4v) is 3.29. The van der Waals surface area contributed by atoms with Crippen LogP contribution in [-0.2, 0) is 20.1 Å². The molecular weight excluding hydrogens is 330 g/mol. The van der Waals surface area contributed by atoms with Crippen molar-refractivity contribution < 1.29 is 5.11 Å². The molecule has 26 heavy (non-hydrogen) atoms. The minimum Gasteiger partial charge on any atom is -0.504 e. The number of imidazole rings is 1. The second-order valence-corrected chi connectivity index (χ2v) is 6.21. The van der Waals surface area contributed by atoms with E-state index in [0.717, 1.165) is 29.0 Å². The second kappa shape index (κ2) is 5.98. The van der Waals surface area contributed by atoms with Crippen LogP contribution in [0.25, 0.3) is 33.8 Å². The molecule has 0 aliphatic rings. The predicted molar refractivity (Wildman–Crippen MR) is 98.7 cm³/mol. The third-order valence-corrected chi connectivity index (χ3v) is 4.60. The van der Waals surface area contributed by atoms with Crippen LogP contribution in [0.5, 0.6) is 5.75 Å². The van der Waals surface area contributed by atoms with E-state index in [1.54, 1.807) is 17.8 Å². The van der Waals surface area contributed by atoms with Crippen molar-refractivity contribution in [2.24, 2.45) is 7.05 Å². The Bertz CT molecular complexity index is 1100. The Morgan fingerprint density at radius 1 is 1.15 bits per heavy atom. The minimum absolute atomic E-state index is 0.168. The SMILES string of the molecule is CCn1nc(C)c(O)c1-c1cn(C)c(-c2nccc3c2cnn3CC)n1. The fraction of sp³-hybridized carbons (Fsp3) is 0.333. The maximum Gasteiger partial charge on any atom is 0.166 e. The Morgan fingerprint density at radius 2 is 1.92 bits per heavy atom. The lowest BCUT2D eigenvalue weighted by atomic mass is 10.2. The highest BCUT2D eigenvalue weighted by Crippen LogP contribution is 2.33. The number of aromatic hydroxyl groups is 1. The first kappa shape index (κ1) is 16.3. The lowest BCUT2D eigenvalue weighted by Gasteiger charge is -2.03. The largest absolute Gasteiger partial charge is 0.504 e. The van der Waals surface area contributed by atoms with Crippen LogP contribution in [0.2, 0.25) is 0 Å². The molecule has 0 bridgehead atoms. The first-order valence-corrected chi connectivity index (χ1v) is 8.66.